The molecule has 0 aromatic carbocycles. The number of allylic oxidation sites excluding steroid dienone is 2. The zero-order valence-electron chi connectivity index (χ0n) is 7.31. The molecule has 2 atom stereocenters. The van der Waals surface area contributed by atoms with Crippen molar-refractivity contribution in [3.8, 4) is 0 Å². The second-order valence-electron chi connectivity index (χ2n) is 3.28. The van der Waals surface area contributed by atoms with E-state index in [1.54, 1.807) is 18.2 Å². The van der Waals surface area contributed by atoms with Crippen LogP contribution in [0.25, 0.3) is 0 Å². The number of carbonyl (C=O) groups is 2. The smallest absolute Gasteiger partial charge is 0.351 e. The van der Waals surface area contributed by atoms with Crippen LogP contribution < -0.4 is 5.32 Å². The van der Waals surface area contributed by atoms with Crippen molar-refractivity contribution in [1.29, 1.82) is 0 Å². The first-order valence-electron chi connectivity index (χ1n) is 4.27. The van der Waals surface area contributed by atoms with Gasteiger partial charge in [-0.25, -0.2) is 4.79 Å². The van der Waals surface area contributed by atoms with Gasteiger partial charge in [0.15, 0.2) is 0 Å². The molecule has 0 aromatic rings. The Kier molecular flexibility index (Phi) is 1.96. The van der Waals surface area contributed by atoms with Gasteiger partial charge in [0, 0.05) is 11.5 Å². The van der Waals surface area contributed by atoms with E-state index >= 15 is 0 Å². The maximum Gasteiger partial charge on any atom is 0.351 e. The van der Waals surface area contributed by atoms with Gasteiger partial charge in [0.05, 0.1) is 6.04 Å². The standard InChI is InChI=1S/C10H9NO3/c12-5-6-1-2-7-4-9(10(13)14)11-8(7)3-6/h1-5,7-8,11H,(H,13,14). The molecular weight excluding hydrogens is 182 g/mol. The summed E-state index contributed by atoms with van der Waals surface area (Å²) in [4.78, 5) is 21.1. The van der Waals surface area contributed by atoms with Crippen molar-refractivity contribution in [2.45, 2.75) is 6.04 Å². The molecule has 0 bridgehead atoms. The first-order valence-corrected chi connectivity index (χ1v) is 4.27. The summed E-state index contributed by atoms with van der Waals surface area (Å²) in [6.07, 6.45) is 7.69. The zero-order valence-corrected chi connectivity index (χ0v) is 7.31. The highest BCUT2D eigenvalue weighted by Gasteiger charge is 2.28. The van der Waals surface area contributed by atoms with Gasteiger partial charge in [0.1, 0.15) is 12.0 Å². The summed E-state index contributed by atoms with van der Waals surface area (Å²) in [6.45, 7) is 0. The topological polar surface area (TPSA) is 66.4 Å². The van der Waals surface area contributed by atoms with Crippen LogP contribution in [0.5, 0.6) is 0 Å². The highest BCUT2D eigenvalue weighted by Crippen LogP contribution is 2.24. The summed E-state index contributed by atoms with van der Waals surface area (Å²) in [7, 11) is 0. The van der Waals surface area contributed by atoms with Gasteiger partial charge in [-0.05, 0) is 6.08 Å². The molecule has 14 heavy (non-hydrogen) atoms. The molecule has 1 aliphatic carbocycles. The highest BCUT2D eigenvalue weighted by molar-refractivity contribution is 5.87. The molecule has 4 nitrogen and oxygen atoms in total. The molecule has 2 N–H and O–H groups in total. The lowest BCUT2D eigenvalue weighted by atomic mass is 9.94. The summed E-state index contributed by atoms with van der Waals surface area (Å²) in [5.74, 6) is -0.918. The Bertz CT molecular complexity index is 379. The SMILES string of the molecule is O=CC1=CC2NC(C(=O)O)=CC2C=C1. The molecule has 1 heterocycles. The van der Waals surface area contributed by atoms with Gasteiger partial charge in [0.2, 0.25) is 0 Å². The van der Waals surface area contributed by atoms with E-state index in [-0.39, 0.29) is 17.7 Å². The number of hydrogen-bond donors (Lipinski definition) is 2. The number of rotatable bonds is 2. The molecule has 1 aliphatic heterocycles. The molecule has 2 rings (SSSR count). The predicted octanol–water partition coefficient (Wildman–Crippen LogP) is 0.238. The first-order chi connectivity index (χ1) is 6.70. The summed E-state index contributed by atoms with van der Waals surface area (Å²) < 4.78 is 0. The van der Waals surface area contributed by atoms with E-state index in [1.165, 1.54) is 0 Å². The highest BCUT2D eigenvalue weighted by atomic mass is 16.4. The number of carbonyl (C=O) groups excluding carboxylic acids is 1. The normalized spacial score (nSPS) is 28.6. The van der Waals surface area contributed by atoms with E-state index < -0.39 is 5.97 Å². The number of fused-ring (bicyclic) bond motifs is 1. The van der Waals surface area contributed by atoms with E-state index in [0.717, 1.165) is 6.29 Å². The first kappa shape index (κ1) is 8.74. The minimum Gasteiger partial charge on any atom is -0.477 e. The van der Waals surface area contributed by atoms with Crippen LogP contribution in [0.3, 0.4) is 0 Å². The number of aliphatic carboxylic acids is 1. The average Bonchev–Trinajstić information content (AvgIpc) is 2.59. The molecule has 2 aliphatic rings. The van der Waals surface area contributed by atoms with E-state index in [1.807, 2.05) is 6.08 Å². The van der Waals surface area contributed by atoms with Crippen molar-refractivity contribution in [3.05, 3.63) is 35.6 Å². The summed E-state index contributed by atoms with van der Waals surface area (Å²) >= 11 is 0. The Balaban J connectivity index is 2.21. The third-order valence-electron chi connectivity index (χ3n) is 2.35. The van der Waals surface area contributed by atoms with Gasteiger partial charge in [-0.1, -0.05) is 18.2 Å². The maximum atomic E-state index is 10.7. The van der Waals surface area contributed by atoms with Gasteiger partial charge < -0.3 is 10.4 Å². The van der Waals surface area contributed by atoms with Crippen molar-refractivity contribution in [3.63, 3.8) is 0 Å². The Hall–Kier alpha value is -1.84. The van der Waals surface area contributed by atoms with E-state index in [2.05, 4.69) is 5.32 Å². The molecule has 0 amide bonds. The van der Waals surface area contributed by atoms with Gasteiger partial charge in [-0.3, -0.25) is 4.79 Å². The van der Waals surface area contributed by atoms with Crippen LogP contribution in [0.2, 0.25) is 0 Å². The number of carboxylic acids is 1. The average molecular weight is 191 g/mol. The van der Waals surface area contributed by atoms with Crippen LogP contribution in [0.1, 0.15) is 0 Å². The second kappa shape index (κ2) is 3.14. The van der Waals surface area contributed by atoms with E-state index in [9.17, 15) is 9.59 Å². The Morgan fingerprint density at radius 3 is 2.93 bits per heavy atom. The molecule has 0 fully saturated rings. The van der Waals surface area contributed by atoms with Crippen molar-refractivity contribution in [2.24, 2.45) is 5.92 Å². The van der Waals surface area contributed by atoms with Gasteiger partial charge in [-0.15, -0.1) is 0 Å². The second-order valence-corrected chi connectivity index (χ2v) is 3.28. The van der Waals surface area contributed by atoms with Crippen molar-refractivity contribution in [1.82, 2.24) is 5.32 Å². The van der Waals surface area contributed by atoms with Crippen LogP contribution in [0.4, 0.5) is 0 Å². The van der Waals surface area contributed by atoms with Gasteiger partial charge in [-0.2, -0.15) is 0 Å². The number of hydrogen-bond acceptors (Lipinski definition) is 3. The lowest BCUT2D eigenvalue weighted by Gasteiger charge is -2.17. The van der Waals surface area contributed by atoms with Crippen molar-refractivity contribution in [2.75, 3.05) is 0 Å². The van der Waals surface area contributed by atoms with Crippen LogP contribution >= 0.6 is 0 Å². The predicted molar refractivity (Wildman–Crippen MR) is 49.4 cm³/mol. The largest absolute Gasteiger partial charge is 0.477 e. The van der Waals surface area contributed by atoms with Crippen molar-refractivity contribution >= 4 is 12.3 Å². The lowest BCUT2D eigenvalue weighted by Crippen LogP contribution is -2.29. The van der Waals surface area contributed by atoms with Crippen LogP contribution in [-0.4, -0.2) is 23.4 Å². The third kappa shape index (κ3) is 1.35. The summed E-state index contributed by atoms with van der Waals surface area (Å²) in [5, 5.41) is 11.6. The number of nitrogens with one attached hydrogen (secondary N) is 1. The fourth-order valence-corrected chi connectivity index (χ4v) is 1.64. The Morgan fingerprint density at radius 1 is 1.50 bits per heavy atom. The Labute approximate surface area is 80.6 Å². The van der Waals surface area contributed by atoms with Crippen LogP contribution in [-0.2, 0) is 9.59 Å². The molecule has 0 saturated heterocycles. The summed E-state index contributed by atoms with van der Waals surface area (Å²) in [5.41, 5.74) is 0.784. The van der Waals surface area contributed by atoms with E-state index in [0.29, 0.717) is 5.57 Å². The number of carboxylic acid groups (broad SMARTS) is 1. The molecular formula is C10H9NO3. The number of aldehydes is 1. The molecule has 0 saturated carbocycles. The monoisotopic (exact) mass is 191 g/mol. The minimum absolute atomic E-state index is 0.0461. The molecule has 72 valence electrons. The molecule has 2 unspecified atom stereocenters. The van der Waals surface area contributed by atoms with Crippen molar-refractivity contribution < 1.29 is 14.7 Å². The minimum atomic E-state index is -0.964. The zero-order chi connectivity index (χ0) is 10.1. The lowest BCUT2D eigenvalue weighted by molar-refractivity contribution is -0.133. The Morgan fingerprint density at radius 2 is 2.29 bits per heavy atom. The van der Waals surface area contributed by atoms with Gasteiger partial charge in [0.25, 0.3) is 0 Å². The van der Waals surface area contributed by atoms with Crippen LogP contribution in [0.15, 0.2) is 35.6 Å². The quantitative estimate of drug-likeness (QED) is 0.613. The third-order valence-corrected chi connectivity index (χ3v) is 2.35. The van der Waals surface area contributed by atoms with Gasteiger partial charge >= 0.3 is 5.97 Å². The fraction of sp³-hybridized carbons (Fsp3) is 0.200. The molecule has 0 spiro atoms. The molecule has 0 radical (unpaired) electrons. The van der Waals surface area contributed by atoms with E-state index in [4.69, 9.17) is 5.11 Å². The molecule has 4 heteroatoms. The fourth-order valence-electron chi connectivity index (χ4n) is 1.64. The maximum absolute atomic E-state index is 10.7. The molecule has 0 aromatic heterocycles. The summed E-state index contributed by atoms with van der Waals surface area (Å²) in [6, 6.07) is -0.0914. The van der Waals surface area contributed by atoms with Crippen LogP contribution in [0, 0.1) is 5.92 Å².